The van der Waals surface area contributed by atoms with Crippen molar-refractivity contribution in [2.24, 2.45) is 0 Å². The number of aromatic amines is 2. The molecule has 0 saturated carbocycles. The van der Waals surface area contributed by atoms with Crippen LogP contribution < -0.4 is 0 Å². The van der Waals surface area contributed by atoms with Crippen LogP contribution in [0.3, 0.4) is 0 Å². The molecule has 2 aromatic carbocycles. The van der Waals surface area contributed by atoms with E-state index in [9.17, 15) is 0 Å². The number of tetrazole rings is 2. The number of aryl methyl sites for hydroxylation is 2. The zero-order valence-corrected chi connectivity index (χ0v) is 19.8. The first-order valence-electron chi connectivity index (χ1n) is 10.2. The van der Waals surface area contributed by atoms with E-state index in [1.54, 1.807) is 22.7 Å². The highest BCUT2D eigenvalue weighted by atomic mass is 32.1. The summed E-state index contributed by atoms with van der Waals surface area (Å²) in [6.07, 6.45) is 0. The minimum absolute atomic E-state index is 0. The van der Waals surface area contributed by atoms with Crippen molar-refractivity contribution < 1.29 is 0 Å². The maximum Gasteiger partial charge on any atom is 0.204 e. The van der Waals surface area contributed by atoms with Crippen LogP contribution in [0.2, 0.25) is 0 Å². The summed E-state index contributed by atoms with van der Waals surface area (Å²) in [6, 6.07) is 15.9. The number of aromatic nitrogens is 10. The molecular weight excluding hydrogens is 480 g/mol. The molecule has 6 aromatic rings. The van der Waals surface area contributed by atoms with Gasteiger partial charge in [-0.2, -0.15) is 10.4 Å². The Labute approximate surface area is 209 Å². The van der Waals surface area contributed by atoms with E-state index in [2.05, 4.69) is 56.6 Å². The van der Waals surface area contributed by atoms with E-state index in [4.69, 9.17) is 0 Å². The Morgan fingerprint density at radius 3 is 1.60 bits per heavy atom. The summed E-state index contributed by atoms with van der Waals surface area (Å²) in [5, 5.41) is 33.9. The van der Waals surface area contributed by atoms with Crippen LogP contribution in [-0.4, -0.2) is 51.2 Å². The molecule has 4 aromatic heterocycles. The molecule has 0 saturated heterocycles. The van der Waals surface area contributed by atoms with Crippen molar-refractivity contribution >= 4 is 22.7 Å². The Balaban J connectivity index is 0.000000160. The van der Waals surface area contributed by atoms with Crippen LogP contribution in [0.1, 0.15) is 18.1 Å². The van der Waals surface area contributed by atoms with Crippen LogP contribution in [0.25, 0.3) is 44.6 Å². The summed E-state index contributed by atoms with van der Waals surface area (Å²) in [6.45, 7) is 4.00. The Hall–Kier alpha value is -4.16. The first kappa shape index (κ1) is 24.0. The number of H-pyrrole nitrogens is 2. The van der Waals surface area contributed by atoms with Crippen LogP contribution in [0.5, 0.6) is 0 Å². The lowest BCUT2D eigenvalue weighted by atomic mass is 10.1. The van der Waals surface area contributed by atoms with Gasteiger partial charge in [-0.15, -0.1) is 43.1 Å². The molecular formula is C23H22N10S2. The Morgan fingerprint density at radius 1 is 0.629 bits per heavy atom. The van der Waals surface area contributed by atoms with Gasteiger partial charge in [0.2, 0.25) is 11.6 Å². The van der Waals surface area contributed by atoms with Crippen molar-refractivity contribution in [3.63, 3.8) is 0 Å². The van der Waals surface area contributed by atoms with Gasteiger partial charge < -0.3 is 0 Å². The average molecular weight is 503 g/mol. The van der Waals surface area contributed by atoms with Gasteiger partial charge in [0.25, 0.3) is 0 Å². The third-order valence-corrected chi connectivity index (χ3v) is 6.54. The molecule has 0 atom stereocenters. The second-order valence-corrected chi connectivity index (χ2v) is 9.09. The molecule has 10 nitrogen and oxygen atoms in total. The Bertz CT molecular complexity index is 1340. The quantitative estimate of drug-likeness (QED) is 0.334. The summed E-state index contributed by atoms with van der Waals surface area (Å²) in [5.41, 5.74) is 6.14. The van der Waals surface area contributed by atoms with Gasteiger partial charge in [0.05, 0.1) is 10.7 Å². The number of benzene rings is 2. The van der Waals surface area contributed by atoms with Crippen molar-refractivity contribution in [3.05, 3.63) is 70.0 Å². The second kappa shape index (κ2) is 10.8. The van der Waals surface area contributed by atoms with Gasteiger partial charge >= 0.3 is 0 Å². The van der Waals surface area contributed by atoms with Crippen molar-refractivity contribution in [2.75, 3.05) is 0 Å². The molecule has 0 radical (unpaired) electrons. The summed E-state index contributed by atoms with van der Waals surface area (Å²) in [7, 11) is 0. The molecule has 0 bridgehead atoms. The fourth-order valence-electron chi connectivity index (χ4n) is 3.10. The van der Waals surface area contributed by atoms with Crippen LogP contribution in [-0.2, 0) is 0 Å². The van der Waals surface area contributed by atoms with Gasteiger partial charge in [0, 0.05) is 38.7 Å². The first-order chi connectivity index (χ1) is 16.7. The Kier molecular flexibility index (Phi) is 7.43. The molecule has 0 amide bonds. The normalized spacial score (nSPS) is 10.3. The highest BCUT2D eigenvalue weighted by Gasteiger charge is 2.06. The smallest absolute Gasteiger partial charge is 0.204 e. The van der Waals surface area contributed by atoms with E-state index in [0.29, 0.717) is 11.6 Å². The van der Waals surface area contributed by atoms with Gasteiger partial charge in [0.1, 0.15) is 5.01 Å². The molecule has 0 unspecified atom stereocenters. The van der Waals surface area contributed by atoms with Crippen LogP contribution in [0.15, 0.2) is 59.3 Å². The lowest BCUT2D eigenvalue weighted by Crippen LogP contribution is -1.82. The lowest BCUT2D eigenvalue weighted by Gasteiger charge is -1.98. The highest BCUT2D eigenvalue weighted by molar-refractivity contribution is 7.13. The monoisotopic (exact) mass is 502 g/mol. The molecule has 0 aliphatic rings. The lowest BCUT2D eigenvalue weighted by molar-refractivity contribution is 0.881. The molecule has 0 fully saturated rings. The van der Waals surface area contributed by atoms with E-state index >= 15 is 0 Å². The van der Waals surface area contributed by atoms with Gasteiger partial charge in [-0.25, -0.2) is 9.97 Å². The summed E-state index contributed by atoms with van der Waals surface area (Å²) in [4.78, 5) is 8.88. The summed E-state index contributed by atoms with van der Waals surface area (Å²) in [5.74, 6) is 1.21. The molecule has 2 N–H and O–H groups in total. The predicted octanol–water partition coefficient (Wildman–Crippen LogP) is 5.23. The van der Waals surface area contributed by atoms with E-state index in [-0.39, 0.29) is 7.43 Å². The largest absolute Gasteiger partial charge is 0.242 e. The minimum atomic E-state index is 0. The molecule has 0 spiro atoms. The zero-order valence-electron chi connectivity index (χ0n) is 18.2. The van der Waals surface area contributed by atoms with E-state index < -0.39 is 0 Å². The molecule has 6 rings (SSSR count). The third-order valence-electron chi connectivity index (χ3n) is 4.76. The number of rotatable bonds is 4. The summed E-state index contributed by atoms with van der Waals surface area (Å²) < 4.78 is 0. The van der Waals surface area contributed by atoms with E-state index in [1.165, 1.54) is 0 Å². The van der Waals surface area contributed by atoms with Crippen LogP contribution in [0, 0.1) is 13.8 Å². The molecule has 176 valence electrons. The minimum Gasteiger partial charge on any atom is -0.242 e. The van der Waals surface area contributed by atoms with Crippen molar-refractivity contribution in [1.82, 2.24) is 51.2 Å². The van der Waals surface area contributed by atoms with Crippen molar-refractivity contribution in [3.8, 4) is 44.6 Å². The SMILES string of the molecule is C.Cc1csc(-c2ccc(-c3nn[nH]n3)cc2)n1.Cc1nc(-c2ccc(-c3nn[nH]n3)cc2)cs1. The molecule has 0 aliphatic heterocycles. The molecule has 4 heterocycles. The summed E-state index contributed by atoms with van der Waals surface area (Å²) >= 11 is 3.30. The number of nitrogens with zero attached hydrogens (tertiary/aromatic N) is 8. The van der Waals surface area contributed by atoms with Gasteiger partial charge in [0.15, 0.2) is 0 Å². The Morgan fingerprint density at radius 2 is 1.17 bits per heavy atom. The fraction of sp³-hybridized carbons (Fsp3) is 0.130. The van der Waals surface area contributed by atoms with E-state index in [1.807, 2.05) is 67.8 Å². The number of nitrogens with one attached hydrogen (secondary N) is 2. The molecule has 35 heavy (non-hydrogen) atoms. The standard InChI is InChI=1S/2C11H9N5S.CH4/c1-7-12-10(6-17-7)8-2-4-9(5-3-8)11-13-15-16-14-11;1-7-6-17-11(12-7)9-4-2-8(3-5-9)10-13-15-16-14-10;/h2*2-6H,1H3,(H,13,14,15,16);1H4. The third kappa shape index (κ3) is 5.67. The first-order valence-corrected chi connectivity index (χ1v) is 11.9. The van der Waals surface area contributed by atoms with Gasteiger partial charge in [-0.1, -0.05) is 56.0 Å². The van der Waals surface area contributed by atoms with Gasteiger partial charge in [-0.3, -0.25) is 0 Å². The maximum atomic E-state index is 4.44. The molecule has 0 aliphatic carbocycles. The molecule has 12 heteroatoms. The van der Waals surface area contributed by atoms with E-state index in [0.717, 1.165) is 43.7 Å². The number of hydrogen-bond acceptors (Lipinski definition) is 10. The second-order valence-electron chi connectivity index (χ2n) is 7.17. The van der Waals surface area contributed by atoms with Crippen LogP contribution in [0.4, 0.5) is 0 Å². The highest BCUT2D eigenvalue weighted by Crippen LogP contribution is 2.26. The fourth-order valence-corrected chi connectivity index (χ4v) is 4.53. The zero-order chi connectivity index (χ0) is 23.3. The predicted molar refractivity (Wildman–Crippen MR) is 138 cm³/mol. The number of hydrogen-bond donors (Lipinski definition) is 2. The van der Waals surface area contributed by atoms with Gasteiger partial charge in [-0.05, 0) is 24.3 Å². The average Bonchev–Trinajstić information content (AvgIpc) is 3.68. The topological polar surface area (TPSA) is 135 Å². The maximum absolute atomic E-state index is 4.44. The van der Waals surface area contributed by atoms with Crippen LogP contribution >= 0.6 is 22.7 Å². The van der Waals surface area contributed by atoms with Crippen molar-refractivity contribution in [1.29, 1.82) is 0 Å². The number of thiazole rings is 2. The van der Waals surface area contributed by atoms with Crippen molar-refractivity contribution in [2.45, 2.75) is 21.3 Å².